The minimum absolute atomic E-state index is 0.0392. The fourth-order valence-electron chi connectivity index (χ4n) is 4.50. The zero-order valence-corrected chi connectivity index (χ0v) is 19.3. The van der Waals surface area contributed by atoms with Gasteiger partial charge in [0, 0.05) is 12.6 Å². The molecule has 2 aromatic rings. The Morgan fingerprint density at radius 3 is 2.48 bits per heavy atom. The summed E-state index contributed by atoms with van der Waals surface area (Å²) in [5, 5.41) is 2.86. The second-order valence-corrected chi connectivity index (χ2v) is 9.85. The summed E-state index contributed by atoms with van der Waals surface area (Å²) in [6, 6.07) is 14.0. The summed E-state index contributed by atoms with van der Waals surface area (Å²) < 4.78 is 24.5. The Labute approximate surface area is 194 Å². The molecule has 1 aliphatic heterocycles. The summed E-state index contributed by atoms with van der Waals surface area (Å²) in [6.45, 7) is 6.32. The topological polar surface area (TPSA) is 67.9 Å². The summed E-state index contributed by atoms with van der Waals surface area (Å²) >= 11 is 0. The van der Waals surface area contributed by atoms with Crippen LogP contribution in [0.4, 0.5) is 14.0 Å². The van der Waals surface area contributed by atoms with Gasteiger partial charge in [-0.05, 0) is 74.8 Å². The smallest absolute Gasteiger partial charge is 0.410 e. The van der Waals surface area contributed by atoms with Gasteiger partial charge in [-0.3, -0.25) is 4.90 Å². The van der Waals surface area contributed by atoms with Crippen molar-refractivity contribution in [1.82, 2.24) is 10.2 Å². The Balaban J connectivity index is 1.35. The lowest BCUT2D eigenvalue weighted by Crippen LogP contribution is -2.48. The molecule has 1 fully saturated rings. The fourth-order valence-corrected chi connectivity index (χ4v) is 4.50. The Morgan fingerprint density at radius 2 is 1.79 bits per heavy atom. The fraction of sp³-hybridized carbons (Fsp3) is 0.462. The number of hydrogen-bond donors (Lipinski definition) is 1. The van der Waals surface area contributed by atoms with Crippen LogP contribution in [0.25, 0.3) is 0 Å². The van der Waals surface area contributed by atoms with Crippen LogP contribution in [0, 0.1) is 11.7 Å². The highest BCUT2D eigenvalue weighted by molar-refractivity contribution is 5.70. The van der Waals surface area contributed by atoms with Crippen LogP contribution < -0.4 is 5.32 Å². The third-order valence-electron chi connectivity index (χ3n) is 6.10. The van der Waals surface area contributed by atoms with E-state index in [1.54, 1.807) is 17.0 Å². The number of amides is 2. The maximum Gasteiger partial charge on any atom is 0.410 e. The number of carbonyl (C=O) groups is 2. The molecule has 2 aliphatic rings. The number of fused-ring (bicyclic) bond motifs is 1. The maximum atomic E-state index is 13.5. The molecule has 4 rings (SSSR count). The van der Waals surface area contributed by atoms with Crippen LogP contribution >= 0.6 is 0 Å². The molecular formula is C26H31FN2O4. The zero-order valence-electron chi connectivity index (χ0n) is 19.3. The number of carbonyl (C=O) groups excluding carboxylic acids is 2. The first-order chi connectivity index (χ1) is 15.7. The Bertz CT molecular complexity index is 996. The molecule has 0 radical (unpaired) electrons. The molecular weight excluding hydrogens is 423 g/mol. The number of alkyl carbamates (subject to hydrolysis) is 1. The van der Waals surface area contributed by atoms with Gasteiger partial charge in [-0.1, -0.05) is 36.4 Å². The minimum Gasteiger partial charge on any atom is -0.449 e. The molecule has 33 heavy (non-hydrogen) atoms. The third kappa shape index (κ3) is 5.64. The van der Waals surface area contributed by atoms with E-state index in [1.807, 2.05) is 39.0 Å². The van der Waals surface area contributed by atoms with Crippen LogP contribution in [0.5, 0.6) is 0 Å². The molecule has 2 amide bonds. The molecule has 2 aromatic carbocycles. The quantitative estimate of drug-likeness (QED) is 0.688. The highest BCUT2D eigenvalue weighted by atomic mass is 19.1. The number of rotatable bonds is 4. The van der Waals surface area contributed by atoms with Crippen LogP contribution in [0.3, 0.4) is 0 Å². The Morgan fingerprint density at radius 1 is 1.09 bits per heavy atom. The molecule has 1 heterocycles. The molecule has 0 spiro atoms. The largest absolute Gasteiger partial charge is 0.449 e. The second-order valence-electron chi connectivity index (χ2n) is 9.85. The molecule has 0 bridgehead atoms. The van der Waals surface area contributed by atoms with Crippen LogP contribution in [0.1, 0.15) is 56.3 Å². The van der Waals surface area contributed by atoms with Crippen molar-refractivity contribution in [2.75, 3.05) is 13.2 Å². The van der Waals surface area contributed by atoms with E-state index in [0.29, 0.717) is 13.2 Å². The number of nitrogens with zero attached hydrogens (tertiary/aromatic N) is 1. The van der Waals surface area contributed by atoms with Gasteiger partial charge in [0.15, 0.2) is 0 Å². The van der Waals surface area contributed by atoms with E-state index >= 15 is 0 Å². The van der Waals surface area contributed by atoms with Gasteiger partial charge >= 0.3 is 12.2 Å². The lowest BCUT2D eigenvalue weighted by molar-refractivity contribution is 0.0341. The zero-order chi connectivity index (χ0) is 23.6. The SMILES string of the molecule is CC(C)(C)OC(=O)NC1CC(COC(=O)N2CCc3ccccc3[C@@H]2c2ccc(F)cc2)C1. The predicted molar refractivity (Wildman–Crippen MR) is 122 cm³/mol. The standard InChI is InChI=1S/C26H31FN2O4/c1-26(2,3)33-24(30)28-21-14-17(15-21)16-32-25(31)29-13-12-18-6-4-5-7-22(18)23(29)19-8-10-20(27)11-9-19/h4-11,17,21,23H,12-16H2,1-3H3,(H,28,30)/t17?,21?,23-/m0/s1. The molecule has 0 unspecified atom stereocenters. The predicted octanol–water partition coefficient (Wildman–Crippen LogP) is 5.21. The number of nitrogens with one attached hydrogen (secondary N) is 1. The van der Waals surface area contributed by atoms with E-state index in [2.05, 4.69) is 11.4 Å². The number of hydrogen-bond acceptors (Lipinski definition) is 4. The summed E-state index contributed by atoms with van der Waals surface area (Å²) in [7, 11) is 0. The first-order valence-electron chi connectivity index (χ1n) is 11.5. The molecule has 1 atom stereocenters. The van der Waals surface area contributed by atoms with E-state index in [9.17, 15) is 14.0 Å². The lowest BCUT2D eigenvalue weighted by Gasteiger charge is -2.39. The maximum absolute atomic E-state index is 13.5. The van der Waals surface area contributed by atoms with Crippen LogP contribution in [0.2, 0.25) is 0 Å². The van der Waals surface area contributed by atoms with E-state index in [1.165, 1.54) is 17.7 Å². The summed E-state index contributed by atoms with van der Waals surface area (Å²) in [6.07, 6.45) is 1.45. The van der Waals surface area contributed by atoms with Gasteiger partial charge < -0.3 is 14.8 Å². The van der Waals surface area contributed by atoms with Crippen molar-refractivity contribution < 1.29 is 23.5 Å². The lowest BCUT2D eigenvalue weighted by atomic mass is 9.81. The highest BCUT2D eigenvalue weighted by Crippen LogP contribution is 2.36. The summed E-state index contributed by atoms with van der Waals surface area (Å²) in [5.41, 5.74) is 2.55. The normalized spacial score (nSPS) is 22.1. The van der Waals surface area contributed by atoms with Gasteiger partial charge in [-0.25, -0.2) is 14.0 Å². The number of ether oxygens (including phenoxy) is 2. The number of halogens is 1. The molecule has 1 saturated carbocycles. The second kappa shape index (κ2) is 9.41. The third-order valence-corrected chi connectivity index (χ3v) is 6.10. The molecule has 0 aromatic heterocycles. The van der Waals surface area contributed by atoms with Gasteiger partial charge in [0.05, 0.1) is 12.6 Å². The van der Waals surface area contributed by atoms with Crippen LogP contribution in [-0.2, 0) is 15.9 Å². The molecule has 0 saturated heterocycles. The van der Waals surface area contributed by atoms with Crippen LogP contribution in [0.15, 0.2) is 48.5 Å². The van der Waals surface area contributed by atoms with E-state index in [4.69, 9.17) is 9.47 Å². The van der Waals surface area contributed by atoms with Crippen molar-refractivity contribution in [2.24, 2.45) is 5.92 Å². The Kier molecular flexibility index (Phi) is 6.58. The number of benzene rings is 2. The first kappa shape index (κ1) is 23.1. The Hall–Kier alpha value is -3.09. The molecule has 1 aliphatic carbocycles. The van der Waals surface area contributed by atoms with Gasteiger partial charge in [-0.2, -0.15) is 0 Å². The average Bonchev–Trinajstić information content (AvgIpc) is 2.73. The monoisotopic (exact) mass is 454 g/mol. The first-order valence-corrected chi connectivity index (χ1v) is 11.5. The summed E-state index contributed by atoms with van der Waals surface area (Å²) in [5.74, 6) is -0.105. The van der Waals surface area contributed by atoms with Gasteiger partial charge in [0.25, 0.3) is 0 Å². The van der Waals surface area contributed by atoms with Crippen molar-refractivity contribution in [2.45, 2.75) is 57.7 Å². The van der Waals surface area contributed by atoms with Crippen molar-refractivity contribution in [1.29, 1.82) is 0 Å². The van der Waals surface area contributed by atoms with Crippen molar-refractivity contribution >= 4 is 12.2 Å². The molecule has 7 heteroatoms. The van der Waals surface area contributed by atoms with E-state index in [0.717, 1.165) is 30.4 Å². The van der Waals surface area contributed by atoms with Crippen molar-refractivity contribution in [3.8, 4) is 0 Å². The molecule has 176 valence electrons. The minimum atomic E-state index is -0.531. The average molecular weight is 455 g/mol. The van der Waals surface area contributed by atoms with Crippen molar-refractivity contribution in [3.63, 3.8) is 0 Å². The summed E-state index contributed by atoms with van der Waals surface area (Å²) in [4.78, 5) is 26.7. The van der Waals surface area contributed by atoms with E-state index < -0.39 is 11.7 Å². The molecule has 6 nitrogen and oxygen atoms in total. The van der Waals surface area contributed by atoms with Gasteiger partial charge in [0.1, 0.15) is 11.4 Å². The highest BCUT2D eigenvalue weighted by Gasteiger charge is 2.36. The van der Waals surface area contributed by atoms with Crippen molar-refractivity contribution in [3.05, 3.63) is 71.0 Å². The van der Waals surface area contributed by atoms with Gasteiger partial charge in [-0.15, -0.1) is 0 Å². The van der Waals surface area contributed by atoms with E-state index in [-0.39, 0.29) is 29.9 Å². The van der Waals surface area contributed by atoms with Crippen LogP contribution in [-0.4, -0.2) is 41.9 Å². The van der Waals surface area contributed by atoms with Gasteiger partial charge in [0.2, 0.25) is 0 Å². The molecule has 1 N–H and O–H groups in total.